The van der Waals surface area contributed by atoms with Gasteiger partial charge in [-0.05, 0) is 68.6 Å². The van der Waals surface area contributed by atoms with Crippen LogP contribution in [0.5, 0.6) is 0 Å². The van der Waals surface area contributed by atoms with Gasteiger partial charge in [0.2, 0.25) is 0 Å². The number of urea groups is 1. The largest absolute Gasteiger partial charge is 0.381 e. The molecule has 0 radical (unpaired) electrons. The number of nitrogens with one attached hydrogen (secondary N) is 2. The number of methoxy groups -OCH3 is 1. The summed E-state index contributed by atoms with van der Waals surface area (Å²) < 4.78 is 5.40. The molecule has 2 aliphatic rings. The van der Waals surface area contributed by atoms with E-state index in [4.69, 9.17) is 4.74 Å². The van der Waals surface area contributed by atoms with Crippen LogP contribution in [0.2, 0.25) is 0 Å². The zero-order valence-corrected chi connectivity index (χ0v) is 15.5. The average Bonchev–Trinajstić information content (AvgIpc) is 2.90. The fraction of sp³-hybridized carbons (Fsp3) is 0.947. The number of carbonyl (C=O) groups is 1. The number of rotatable bonds is 5. The minimum atomic E-state index is 0.0280. The van der Waals surface area contributed by atoms with E-state index in [1.807, 2.05) is 0 Å². The van der Waals surface area contributed by atoms with Crippen LogP contribution in [-0.2, 0) is 4.74 Å². The summed E-state index contributed by atoms with van der Waals surface area (Å²) >= 11 is 0. The lowest BCUT2D eigenvalue weighted by atomic mass is 9.84. The first kappa shape index (κ1) is 18.6. The van der Waals surface area contributed by atoms with Crippen molar-refractivity contribution in [1.29, 1.82) is 0 Å². The van der Waals surface area contributed by atoms with Crippen LogP contribution in [0.4, 0.5) is 4.79 Å². The van der Waals surface area contributed by atoms with E-state index in [-0.39, 0.29) is 6.03 Å². The molecule has 2 amide bonds. The van der Waals surface area contributed by atoms with E-state index in [2.05, 4.69) is 31.4 Å². The molecule has 134 valence electrons. The van der Waals surface area contributed by atoms with Crippen LogP contribution in [0.1, 0.15) is 72.1 Å². The highest BCUT2D eigenvalue weighted by Gasteiger charge is 2.29. The summed E-state index contributed by atoms with van der Waals surface area (Å²) in [6, 6.07) is 0.395. The molecule has 2 atom stereocenters. The van der Waals surface area contributed by atoms with Gasteiger partial charge in [-0.1, -0.05) is 20.8 Å². The molecule has 0 aromatic heterocycles. The fourth-order valence-electron chi connectivity index (χ4n) is 4.30. The van der Waals surface area contributed by atoms with Crippen LogP contribution < -0.4 is 10.6 Å². The summed E-state index contributed by atoms with van der Waals surface area (Å²) in [6.07, 6.45) is 9.79. The molecule has 0 aromatic rings. The predicted octanol–water partition coefficient (Wildman–Crippen LogP) is 4.10. The number of hydrogen-bond donors (Lipinski definition) is 2. The lowest BCUT2D eigenvalue weighted by Gasteiger charge is -2.27. The standard InChI is InChI=1S/C19H36N2O2/c1-19(2,3)12-15-5-8-16(11-15)21-18(22)20-13-14-6-9-17(23-4)10-7-14/h14-17H,5-13H2,1-4H3,(H2,20,21,22). The highest BCUT2D eigenvalue weighted by molar-refractivity contribution is 5.74. The van der Waals surface area contributed by atoms with Gasteiger partial charge < -0.3 is 15.4 Å². The molecule has 2 saturated carbocycles. The lowest BCUT2D eigenvalue weighted by molar-refractivity contribution is 0.0571. The Kier molecular flexibility index (Phi) is 6.75. The second kappa shape index (κ2) is 8.36. The van der Waals surface area contributed by atoms with Crippen molar-refractivity contribution >= 4 is 6.03 Å². The first-order chi connectivity index (χ1) is 10.9. The van der Waals surface area contributed by atoms with Crippen molar-refractivity contribution in [2.75, 3.05) is 13.7 Å². The maximum absolute atomic E-state index is 12.1. The summed E-state index contributed by atoms with van der Waals surface area (Å²) in [5.41, 5.74) is 0.392. The van der Waals surface area contributed by atoms with Gasteiger partial charge in [0, 0.05) is 19.7 Å². The first-order valence-corrected chi connectivity index (χ1v) is 9.43. The Balaban J connectivity index is 1.60. The number of ether oxygens (including phenoxy) is 1. The molecule has 0 aromatic carbocycles. The molecule has 4 heteroatoms. The van der Waals surface area contributed by atoms with Crippen LogP contribution in [0, 0.1) is 17.3 Å². The van der Waals surface area contributed by atoms with Crippen molar-refractivity contribution in [2.24, 2.45) is 17.3 Å². The van der Waals surface area contributed by atoms with Gasteiger partial charge in [-0.2, -0.15) is 0 Å². The van der Waals surface area contributed by atoms with Crippen molar-refractivity contribution in [2.45, 2.75) is 84.3 Å². The highest BCUT2D eigenvalue weighted by Crippen LogP contribution is 2.35. The molecule has 2 fully saturated rings. The summed E-state index contributed by atoms with van der Waals surface area (Å²) in [4.78, 5) is 12.1. The maximum atomic E-state index is 12.1. The van der Waals surface area contributed by atoms with Gasteiger partial charge in [0.25, 0.3) is 0 Å². The molecule has 0 aliphatic heterocycles. The van der Waals surface area contributed by atoms with Crippen molar-refractivity contribution in [3.05, 3.63) is 0 Å². The molecule has 0 spiro atoms. The molecule has 2 N–H and O–H groups in total. The van der Waals surface area contributed by atoms with Gasteiger partial charge in [-0.3, -0.25) is 0 Å². The van der Waals surface area contributed by atoms with Gasteiger partial charge in [0.05, 0.1) is 6.10 Å². The Labute approximate surface area is 142 Å². The van der Waals surface area contributed by atoms with E-state index in [0.29, 0.717) is 23.5 Å². The molecule has 2 unspecified atom stereocenters. The van der Waals surface area contributed by atoms with Crippen molar-refractivity contribution in [3.8, 4) is 0 Å². The number of carbonyl (C=O) groups excluding carboxylic acids is 1. The van der Waals surface area contributed by atoms with E-state index in [9.17, 15) is 4.79 Å². The van der Waals surface area contributed by atoms with E-state index >= 15 is 0 Å². The summed E-state index contributed by atoms with van der Waals surface area (Å²) in [7, 11) is 1.80. The quantitative estimate of drug-likeness (QED) is 0.800. The molecule has 4 nitrogen and oxygen atoms in total. The summed E-state index contributed by atoms with van der Waals surface area (Å²) in [5, 5.41) is 6.26. The van der Waals surface area contributed by atoms with E-state index in [1.165, 1.54) is 12.8 Å². The first-order valence-electron chi connectivity index (χ1n) is 9.43. The number of amides is 2. The Morgan fingerprint density at radius 2 is 1.70 bits per heavy atom. The second-order valence-corrected chi connectivity index (χ2v) is 8.87. The molecule has 23 heavy (non-hydrogen) atoms. The van der Waals surface area contributed by atoms with Crippen LogP contribution in [-0.4, -0.2) is 31.8 Å². The normalized spacial score (nSPS) is 31.8. The molecular weight excluding hydrogens is 288 g/mol. The third-order valence-electron chi connectivity index (χ3n) is 5.46. The van der Waals surface area contributed by atoms with Crippen molar-refractivity contribution in [3.63, 3.8) is 0 Å². The van der Waals surface area contributed by atoms with Crippen LogP contribution in [0.25, 0.3) is 0 Å². The molecule has 0 heterocycles. The van der Waals surface area contributed by atoms with Crippen LogP contribution >= 0.6 is 0 Å². The van der Waals surface area contributed by atoms with E-state index in [0.717, 1.165) is 51.0 Å². The molecule has 2 aliphatic carbocycles. The SMILES string of the molecule is COC1CCC(CNC(=O)NC2CCC(CC(C)(C)C)C2)CC1. The van der Waals surface area contributed by atoms with Gasteiger partial charge in [0.1, 0.15) is 0 Å². The Bertz CT molecular complexity index is 370. The third-order valence-corrected chi connectivity index (χ3v) is 5.46. The van der Waals surface area contributed by atoms with Crippen molar-refractivity contribution < 1.29 is 9.53 Å². The molecule has 0 saturated heterocycles. The highest BCUT2D eigenvalue weighted by atomic mass is 16.5. The maximum Gasteiger partial charge on any atom is 0.315 e. The van der Waals surface area contributed by atoms with E-state index in [1.54, 1.807) is 7.11 Å². The van der Waals surface area contributed by atoms with Crippen LogP contribution in [0.15, 0.2) is 0 Å². The minimum Gasteiger partial charge on any atom is -0.381 e. The number of hydrogen-bond acceptors (Lipinski definition) is 2. The summed E-state index contributed by atoms with van der Waals surface area (Å²) in [5.74, 6) is 1.38. The molecule has 0 bridgehead atoms. The lowest BCUT2D eigenvalue weighted by Crippen LogP contribution is -2.43. The Morgan fingerprint density at radius 3 is 2.30 bits per heavy atom. The topological polar surface area (TPSA) is 50.4 Å². The van der Waals surface area contributed by atoms with Gasteiger partial charge in [-0.25, -0.2) is 4.79 Å². The predicted molar refractivity (Wildman–Crippen MR) is 94.5 cm³/mol. The second-order valence-electron chi connectivity index (χ2n) is 8.87. The summed E-state index contributed by atoms with van der Waals surface area (Å²) in [6.45, 7) is 7.72. The molecular formula is C19H36N2O2. The zero-order chi connectivity index (χ0) is 16.9. The monoisotopic (exact) mass is 324 g/mol. The fourth-order valence-corrected chi connectivity index (χ4v) is 4.30. The Hall–Kier alpha value is -0.770. The molecule has 2 rings (SSSR count). The van der Waals surface area contributed by atoms with Crippen LogP contribution in [0.3, 0.4) is 0 Å². The third kappa shape index (κ3) is 6.70. The zero-order valence-electron chi connectivity index (χ0n) is 15.5. The van der Waals surface area contributed by atoms with Gasteiger partial charge in [-0.15, -0.1) is 0 Å². The Morgan fingerprint density at radius 1 is 1.04 bits per heavy atom. The average molecular weight is 325 g/mol. The minimum absolute atomic E-state index is 0.0280. The van der Waals surface area contributed by atoms with Crippen molar-refractivity contribution in [1.82, 2.24) is 10.6 Å². The van der Waals surface area contributed by atoms with E-state index < -0.39 is 0 Å². The van der Waals surface area contributed by atoms with Gasteiger partial charge in [0.15, 0.2) is 0 Å². The van der Waals surface area contributed by atoms with Gasteiger partial charge >= 0.3 is 6.03 Å². The smallest absolute Gasteiger partial charge is 0.315 e.